The van der Waals surface area contributed by atoms with Gasteiger partial charge in [0.15, 0.2) is 0 Å². The molecule has 0 unspecified atom stereocenters. The molecule has 1 aliphatic rings. The zero-order chi connectivity index (χ0) is 18.5. The van der Waals surface area contributed by atoms with Gasteiger partial charge in [-0.15, -0.1) is 0 Å². The fourth-order valence-electron chi connectivity index (χ4n) is 2.85. The van der Waals surface area contributed by atoms with Crippen LogP contribution in [0.5, 0.6) is 0 Å². The lowest BCUT2D eigenvalue weighted by atomic mass is 10.2. The van der Waals surface area contributed by atoms with Crippen LogP contribution in [0, 0.1) is 6.92 Å². The molecule has 1 aromatic heterocycles. The Bertz CT molecular complexity index is 767. The van der Waals surface area contributed by atoms with Crippen LogP contribution in [-0.4, -0.2) is 59.5 Å². The highest BCUT2D eigenvalue weighted by Gasteiger charge is 2.22. The standard InChI is InChI=1S/C18H21BrN4O3/c1-13-10-16(21-26-13)12-22-6-8-23(9-7-22)17(24)11-20-18(25)14-2-4-15(19)5-3-14/h2-5,10H,6-9,11-12H2,1H3,(H,20,25). The smallest absolute Gasteiger partial charge is 0.251 e. The summed E-state index contributed by atoms with van der Waals surface area (Å²) in [5.41, 5.74) is 1.44. The van der Waals surface area contributed by atoms with Crippen molar-refractivity contribution in [2.24, 2.45) is 0 Å². The Balaban J connectivity index is 1.42. The average molecular weight is 421 g/mol. The normalized spacial score (nSPS) is 15.1. The van der Waals surface area contributed by atoms with Crippen molar-refractivity contribution in [1.29, 1.82) is 0 Å². The number of hydrogen-bond donors (Lipinski definition) is 1. The van der Waals surface area contributed by atoms with E-state index in [0.29, 0.717) is 18.7 Å². The topological polar surface area (TPSA) is 78.7 Å². The van der Waals surface area contributed by atoms with E-state index in [1.54, 1.807) is 29.2 Å². The number of carbonyl (C=O) groups is 2. The minimum absolute atomic E-state index is 0.0113. The molecule has 26 heavy (non-hydrogen) atoms. The molecule has 7 nitrogen and oxygen atoms in total. The van der Waals surface area contributed by atoms with Crippen molar-refractivity contribution < 1.29 is 14.1 Å². The number of piperazine rings is 1. The number of halogens is 1. The van der Waals surface area contributed by atoms with Crippen molar-refractivity contribution in [3.05, 3.63) is 51.8 Å². The average Bonchev–Trinajstić information content (AvgIpc) is 3.05. The van der Waals surface area contributed by atoms with Crippen LogP contribution in [-0.2, 0) is 11.3 Å². The predicted octanol–water partition coefficient (Wildman–Crippen LogP) is 1.82. The van der Waals surface area contributed by atoms with Crippen LogP contribution in [0.3, 0.4) is 0 Å². The molecule has 0 aliphatic carbocycles. The van der Waals surface area contributed by atoms with Crippen molar-refractivity contribution in [2.75, 3.05) is 32.7 Å². The van der Waals surface area contributed by atoms with Crippen molar-refractivity contribution >= 4 is 27.7 Å². The Kier molecular flexibility index (Phi) is 6.05. The zero-order valence-corrected chi connectivity index (χ0v) is 16.2. The molecule has 1 aliphatic heterocycles. The summed E-state index contributed by atoms with van der Waals surface area (Å²) in [6, 6.07) is 8.95. The van der Waals surface area contributed by atoms with Gasteiger partial charge in [-0.3, -0.25) is 14.5 Å². The second-order valence-corrected chi connectivity index (χ2v) is 7.19. The van der Waals surface area contributed by atoms with Gasteiger partial charge in [-0.1, -0.05) is 21.1 Å². The number of amides is 2. The molecule has 2 aromatic rings. The lowest BCUT2D eigenvalue weighted by Gasteiger charge is -2.34. The van der Waals surface area contributed by atoms with Crippen molar-refractivity contribution in [3.8, 4) is 0 Å². The molecule has 1 fully saturated rings. The highest BCUT2D eigenvalue weighted by molar-refractivity contribution is 9.10. The van der Waals surface area contributed by atoms with Crippen LogP contribution >= 0.6 is 15.9 Å². The number of carbonyl (C=O) groups excluding carboxylic acids is 2. The second-order valence-electron chi connectivity index (χ2n) is 6.28. The van der Waals surface area contributed by atoms with E-state index in [9.17, 15) is 9.59 Å². The van der Waals surface area contributed by atoms with Gasteiger partial charge in [-0.2, -0.15) is 0 Å². The Hall–Kier alpha value is -2.19. The van der Waals surface area contributed by atoms with Gasteiger partial charge in [0.25, 0.3) is 5.91 Å². The molecular formula is C18H21BrN4O3. The Labute approximate surface area is 160 Å². The lowest BCUT2D eigenvalue weighted by Crippen LogP contribution is -2.50. The SMILES string of the molecule is Cc1cc(CN2CCN(C(=O)CNC(=O)c3ccc(Br)cc3)CC2)no1. The molecule has 1 saturated heterocycles. The quantitative estimate of drug-likeness (QED) is 0.797. The van der Waals surface area contributed by atoms with Crippen molar-refractivity contribution in [2.45, 2.75) is 13.5 Å². The molecule has 138 valence electrons. The molecule has 2 heterocycles. The van der Waals surface area contributed by atoms with E-state index in [2.05, 4.69) is 31.3 Å². The van der Waals surface area contributed by atoms with Gasteiger partial charge in [0.1, 0.15) is 5.76 Å². The zero-order valence-electron chi connectivity index (χ0n) is 14.6. The van der Waals surface area contributed by atoms with Gasteiger partial charge in [0.2, 0.25) is 5.91 Å². The minimum Gasteiger partial charge on any atom is -0.361 e. The summed E-state index contributed by atoms with van der Waals surface area (Å²) >= 11 is 3.33. The number of aryl methyl sites for hydroxylation is 1. The van der Waals surface area contributed by atoms with Crippen LogP contribution in [0.15, 0.2) is 39.3 Å². The van der Waals surface area contributed by atoms with Crippen LogP contribution < -0.4 is 5.32 Å². The van der Waals surface area contributed by atoms with E-state index in [4.69, 9.17) is 4.52 Å². The third-order valence-electron chi connectivity index (χ3n) is 4.29. The first-order valence-corrected chi connectivity index (χ1v) is 9.26. The molecule has 2 amide bonds. The molecule has 0 atom stereocenters. The molecule has 0 saturated carbocycles. The molecular weight excluding hydrogens is 400 g/mol. The Morgan fingerprint density at radius 2 is 1.88 bits per heavy atom. The number of rotatable bonds is 5. The monoisotopic (exact) mass is 420 g/mol. The first-order valence-electron chi connectivity index (χ1n) is 8.47. The van der Waals surface area contributed by atoms with Gasteiger partial charge >= 0.3 is 0 Å². The molecule has 3 rings (SSSR count). The maximum Gasteiger partial charge on any atom is 0.251 e. The highest BCUT2D eigenvalue weighted by atomic mass is 79.9. The van der Waals surface area contributed by atoms with Gasteiger partial charge < -0.3 is 14.7 Å². The first kappa shape index (κ1) is 18.6. The summed E-state index contributed by atoms with van der Waals surface area (Å²) in [5.74, 6) is 0.494. The van der Waals surface area contributed by atoms with Crippen LogP contribution in [0.25, 0.3) is 0 Å². The molecule has 1 aromatic carbocycles. The summed E-state index contributed by atoms with van der Waals surface area (Å²) in [7, 11) is 0. The Morgan fingerprint density at radius 3 is 2.50 bits per heavy atom. The summed E-state index contributed by atoms with van der Waals surface area (Å²) in [6.45, 7) is 5.44. The van der Waals surface area contributed by atoms with Crippen LogP contribution in [0.1, 0.15) is 21.8 Å². The maximum atomic E-state index is 12.3. The van der Waals surface area contributed by atoms with Gasteiger partial charge in [0.05, 0.1) is 12.2 Å². The highest BCUT2D eigenvalue weighted by Crippen LogP contribution is 2.11. The summed E-state index contributed by atoms with van der Waals surface area (Å²) in [4.78, 5) is 28.4. The van der Waals surface area contributed by atoms with Gasteiger partial charge in [0, 0.05) is 48.8 Å². The number of benzene rings is 1. The van der Waals surface area contributed by atoms with Gasteiger partial charge in [-0.25, -0.2) is 0 Å². The number of nitrogens with zero attached hydrogens (tertiary/aromatic N) is 3. The fraction of sp³-hybridized carbons (Fsp3) is 0.389. The second kappa shape index (κ2) is 8.46. The van der Waals surface area contributed by atoms with E-state index in [0.717, 1.165) is 35.6 Å². The summed E-state index contributed by atoms with van der Waals surface area (Å²) in [5, 5.41) is 6.69. The number of nitrogens with one attached hydrogen (secondary N) is 1. The van der Waals surface area contributed by atoms with Crippen LogP contribution in [0.4, 0.5) is 0 Å². The van der Waals surface area contributed by atoms with E-state index >= 15 is 0 Å². The largest absolute Gasteiger partial charge is 0.361 e. The molecule has 0 spiro atoms. The first-order chi connectivity index (χ1) is 12.5. The fourth-order valence-corrected chi connectivity index (χ4v) is 3.11. The maximum absolute atomic E-state index is 12.3. The van der Waals surface area contributed by atoms with Gasteiger partial charge in [-0.05, 0) is 31.2 Å². The van der Waals surface area contributed by atoms with E-state index in [-0.39, 0.29) is 18.4 Å². The van der Waals surface area contributed by atoms with Crippen molar-refractivity contribution in [3.63, 3.8) is 0 Å². The molecule has 0 radical (unpaired) electrons. The Morgan fingerprint density at radius 1 is 1.19 bits per heavy atom. The molecule has 8 heteroatoms. The van der Waals surface area contributed by atoms with E-state index in [1.807, 2.05) is 13.0 Å². The summed E-state index contributed by atoms with van der Waals surface area (Å²) < 4.78 is 5.98. The third-order valence-corrected chi connectivity index (χ3v) is 4.82. The summed E-state index contributed by atoms with van der Waals surface area (Å²) in [6.07, 6.45) is 0. The molecule has 0 bridgehead atoms. The minimum atomic E-state index is -0.245. The predicted molar refractivity (Wildman–Crippen MR) is 99.6 cm³/mol. The molecule has 1 N–H and O–H groups in total. The number of aromatic nitrogens is 1. The van der Waals surface area contributed by atoms with Crippen LogP contribution in [0.2, 0.25) is 0 Å². The third kappa shape index (κ3) is 4.92. The number of hydrogen-bond acceptors (Lipinski definition) is 5. The van der Waals surface area contributed by atoms with Crippen molar-refractivity contribution in [1.82, 2.24) is 20.3 Å². The van der Waals surface area contributed by atoms with E-state index < -0.39 is 0 Å². The van der Waals surface area contributed by atoms with E-state index in [1.165, 1.54) is 0 Å². The lowest BCUT2D eigenvalue weighted by molar-refractivity contribution is -0.131.